The Bertz CT molecular complexity index is 1910. The summed E-state index contributed by atoms with van der Waals surface area (Å²) in [5.41, 5.74) is -2.90. The molecule has 9 N–H and O–H groups in total. The third-order valence-electron chi connectivity index (χ3n) is 8.91. The number of aliphatic hydroxyl groups excluding tert-OH is 6. The van der Waals surface area contributed by atoms with Gasteiger partial charge in [-0.05, 0) is 25.1 Å². The molecule has 3 aromatic rings. The van der Waals surface area contributed by atoms with Gasteiger partial charge in [0.2, 0.25) is 23.8 Å². The van der Waals surface area contributed by atoms with Crippen LogP contribution >= 0.6 is 0 Å². The second kappa shape index (κ2) is 16.9. The Kier molecular flexibility index (Phi) is 12.7. The lowest BCUT2D eigenvalue weighted by Crippen LogP contribution is -2.60. The third-order valence-corrected chi connectivity index (χ3v) is 8.91. The molecule has 0 amide bonds. The number of methoxy groups -OCH3 is 2. The molecule has 5 rings (SSSR count). The number of ether oxygens (including phenoxy) is 7. The quantitative estimate of drug-likeness (QED) is 0.0862. The summed E-state index contributed by atoms with van der Waals surface area (Å²) < 4.78 is 44.8. The fourth-order valence-corrected chi connectivity index (χ4v) is 6.05. The van der Waals surface area contributed by atoms with Gasteiger partial charge >= 0.3 is 11.9 Å². The van der Waals surface area contributed by atoms with E-state index in [9.17, 15) is 55.2 Å². The number of rotatable bonds is 14. The van der Waals surface area contributed by atoms with Crippen LogP contribution in [-0.4, -0.2) is 146 Å². The zero-order valence-electron chi connectivity index (χ0n) is 29.6. The van der Waals surface area contributed by atoms with Crippen LogP contribution in [0.4, 0.5) is 0 Å². The van der Waals surface area contributed by atoms with Gasteiger partial charge < -0.3 is 83.5 Å². The van der Waals surface area contributed by atoms with Crippen molar-refractivity contribution in [2.45, 2.75) is 87.1 Å². The average Bonchev–Trinajstić information content (AvgIpc) is 3.12. The summed E-state index contributed by atoms with van der Waals surface area (Å²) in [5, 5.41) is 91.2. The maximum absolute atomic E-state index is 14.1. The molecule has 302 valence electrons. The molecule has 2 aliphatic rings. The molecule has 2 saturated heterocycles. The van der Waals surface area contributed by atoms with E-state index in [0.717, 1.165) is 13.0 Å². The first-order valence-corrected chi connectivity index (χ1v) is 16.8. The first-order chi connectivity index (χ1) is 26.0. The number of phenolic OH excluding ortho intramolecular Hbond substituents is 1. The minimum Gasteiger partial charge on any atom is -0.507 e. The molecular weight excluding hydrogens is 740 g/mol. The Balaban J connectivity index is 1.47. The summed E-state index contributed by atoms with van der Waals surface area (Å²) in [6.45, 7) is -0.249. The fourth-order valence-electron chi connectivity index (χ4n) is 6.05. The molecule has 20 nitrogen and oxygen atoms in total. The van der Waals surface area contributed by atoms with Gasteiger partial charge in [0.05, 0.1) is 45.4 Å². The lowest BCUT2D eigenvalue weighted by atomic mass is 9.98. The van der Waals surface area contributed by atoms with E-state index in [-0.39, 0.29) is 39.5 Å². The fraction of sp³-hybridized carbons (Fsp3) is 0.514. The minimum atomic E-state index is -1.94. The second-order valence-corrected chi connectivity index (χ2v) is 13.2. The lowest BCUT2D eigenvalue weighted by molar-refractivity contribution is -0.277. The standard InChI is InChI=1S/C35H42O20/c1-35(47,10-23(39)40)11-24(41)50-13-22-27(42)17(38)9-25(51-22)55-33-29(44)26-16(37)7-15(48-2)8-20(26)52-32(33)14-4-5-18(19(6-14)49-3)53-34-31(46)30(45)28(43)21(12-36)54-34/h4-8,17,21-22,25,27-28,30-31,34,36-38,42-43,45-47H,9-13H2,1-3H3,(H,39,40)/t17-,21-,22-,25+,27+,28-,30+,31-,34-,35-/m1/s1. The Labute approximate surface area is 311 Å². The summed E-state index contributed by atoms with van der Waals surface area (Å²) in [4.78, 5) is 37.4. The van der Waals surface area contributed by atoms with Crippen molar-refractivity contribution in [2.75, 3.05) is 27.4 Å². The smallest absolute Gasteiger partial charge is 0.308 e. The maximum Gasteiger partial charge on any atom is 0.308 e. The van der Waals surface area contributed by atoms with Crippen LogP contribution < -0.4 is 24.4 Å². The SMILES string of the molecule is COc1cc(O)c2c(=O)c(O[C@H]3C[C@@H](O)[C@H](O)[C@@H](COC(=O)C[C@](C)(O)CC(=O)O)O3)c(-c3ccc(O[C@@H]4O[C@H](CO)[C@@H](O)[C@H](O)[C@H]4O)c(OC)c3)oc2c1. The first kappa shape index (κ1) is 41.4. The molecule has 2 aromatic carbocycles. The van der Waals surface area contributed by atoms with Crippen LogP contribution in [0.1, 0.15) is 26.2 Å². The largest absolute Gasteiger partial charge is 0.507 e. The molecule has 2 aliphatic heterocycles. The van der Waals surface area contributed by atoms with Gasteiger partial charge in [0.15, 0.2) is 17.3 Å². The average molecular weight is 783 g/mol. The van der Waals surface area contributed by atoms with E-state index >= 15 is 0 Å². The van der Waals surface area contributed by atoms with Crippen molar-refractivity contribution in [2.24, 2.45) is 0 Å². The summed E-state index contributed by atoms with van der Waals surface area (Å²) >= 11 is 0. The van der Waals surface area contributed by atoms with Gasteiger partial charge in [-0.1, -0.05) is 0 Å². The highest BCUT2D eigenvalue weighted by Crippen LogP contribution is 2.41. The van der Waals surface area contributed by atoms with Crippen LogP contribution in [0.25, 0.3) is 22.3 Å². The second-order valence-electron chi connectivity index (χ2n) is 13.2. The minimum absolute atomic E-state index is 0.0340. The normalized spacial score (nSPS) is 27.9. The number of carbonyl (C=O) groups excluding carboxylic acids is 1. The molecule has 0 saturated carbocycles. The molecule has 0 spiro atoms. The number of aromatic hydroxyl groups is 1. The van der Waals surface area contributed by atoms with E-state index in [0.29, 0.717) is 0 Å². The molecular formula is C35H42O20. The number of benzene rings is 2. The summed E-state index contributed by atoms with van der Waals surface area (Å²) in [6, 6.07) is 6.51. The number of carbonyl (C=O) groups is 2. The maximum atomic E-state index is 14.1. The zero-order chi connectivity index (χ0) is 40.4. The van der Waals surface area contributed by atoms with Crippen molar-refractivity contribution in [1.82, 2.24) is 0 Å². The molecule has 1 aromatic heterocycles. The number of fused-ring (bicyclic) bond motifs is 1. The molecule has 0 radical (unpaired) electrons. The van der Waals surface area contributed by atoms with E-state index < -0.39 is 122 Å². The zero-order valence-corrected chi connectivity index (χ0v) is 29.6. The van der Waals surface area contributed by atoms with Gasteiger partial charge in [0, 0.05) is 24.1 Å². The Morgan fingerprint density at radius 2 is 1.62 bits per heavy atom. The summed E-state index contributed by atoms with van der Waals surface area (Å²) in [5.74, 6) is -3.71. The van der Waals surface area contributed by atoms with Crippen LogP contribution in [0.3, 0.4) is 0 Å². The van der Waals surface area contributed by atoms with Crippen LogP contribution in [-0.2, 0) is 23.8 Å². The molecule has 55 heavy (non-hydrogen) atoms. The first-order valence-electron chi connectivity index (χ1n) is 16.8. The van der Waals surface area contributed by atoms with Gasteiger partial charge in [-0.25, -0.2) is 0 Å². The van der Waals surface area contributed by atoms with E-state index in [1.54, 1.807) is 0 Å². The number of carboxylic acids is 1. The number of aliphatic carboxylic acids is 1. The lowest BCUT2D eigenvalue weighted by Gasteiger charge is -2.39. The molecule has 0 bridgehead atoms. The molecule has 0 aliphatic carbocycles. The van der Waals surface area contributed by atoms with E-state index in [4.69, 9.17) is 42.7 Å². The Morgan fingerprint density at radius 3 is 2.27 bits per heavy atom. The van der Waals surface area contributed by atoms with Crippen molar-refractivity contribution in [3.63, 3.8) is 0 Å². The van der Waals surface area contributed by atoms with Crippen molar-refractivity contribution < 1.29 is 93.1 Å². The van der Waals surface area contributed by atoms with Crippen molar-refractivity contribution >= 4 is 22.9 Å². The number of esters is 1. The molecule has 2 fully saturated rings. The number of hydrogen-bond acceptors (Lipinski definition) is 19. The molecule has 0 unspecified atom stereocenters. The highest BCUT2D eigenvalue weighted by Gasteiger charge is 2.45. The van der Waals surface area contributed by atoms with Crippen molar-refractivity contribution in [3.05, 3.63) is 40.6 Å². The predicted octanol–water partition coefficient (Wildman–Crippen LogP) is -1.26. The van der Waals surface area contributed by atoms with Crippen molar-refractivity contribution in [1.29, 1.82) is 0 Å². The van der Waals surface area contributed by atoms with Crippen LogP contribution in [0, 0.1) is 0 Å². The Hall–Kier alpha value is -4.77. The van der Waals surface area contributed by atoms with Gasteiger partial charge in [0.25, 0.3) is 0 Å². The number of carboxylic acid groups (broad SMARTS) is 1. The third kappa shape index (κ3) is 9.20. The van der Waals surface area contributed by atoms with Crippen LogP contribution in [0.2, 0.25) is 0 Å². The molecule has 20 heteroatoms. The number of phenols is 1. The summed E-state index contributed by atoms with van der Waals surface area (Å²) in [7, 11) is 2.58. The van der Waals surface area contributed by atoms with Crippen LogP contribution in [0.5, 0.6) is 28.7 Å². The predicted molar refractivity (Wildman–Crippen MR) is 181 cm³/mol. The highest BCUT2D eigenvalue weighted by molar-refractivity contribution is 5.88. The van der Waals surface area contributed by atoms with Gasteiger partial charge in [0.1, 0.15) is 65.7 Å². The van der Waals surface area contributed by atoms with E-state index in [2.05, 4.69) is 0 Å². The molecule has 10 atom stereocenters. The summed E-state index contributed by atoms with van der Waals surface area (Å²) in [6.07, 6.45) is -15.9. The monoisotopic (exact) mass is 782 g/mol. The van der Waals surface area contributed by atoms with Gasteiger partial charge in [-0.2, -0.15) is 0 Å². The van der Waals surface area contributed by atoms with Crippen LogP contribution in [0.15, 0.2) is 39.5 Å². The number of aliphatic hydroxyl groups is 7. The van der Waals surface area contributed by atoms with Gasteiger partial charge in [-0.3, -0.25) is 14.4 Å². The topological polar surface area (TPSA) is 311 Å². The van der Waals surface area contributed by atoms with Gasteiger partial charge in [-0.15, -0.1) is 0 Å². The van der Waals surface area contributed by atoms with E-state index in [1.807, 2.05) is 0 Å². The number of hydrogen-bond donors (Lipinski definition) is 9. The highest BCUT2D eigenvalue weighted by atomic mass is 16.7. The molecule has 3 heterocycles. The van der Waals surface area contributed by atoms with E-state index in [1.165, 1.54) is 38.5 Å². The van der Waals surface area contributed by atoms with Crippen molar-refractivity contribution in [3.8, 4) is 40.1 Å². The Morgan fingerprint density at radius 1 is 0.891 bits per heavy atom.